The fourth-order valence-electron chi connectivity index (χ4n) is 2.42. The van der Waals surface area contributed by atoms with E-state index in [1.165, 1.54) is 23.9 Å². The summed E-state index contributed by atoms with van der Waals surface area (Å²) in [5.41, 5.74) is 1.88. The monoisotopic (exact) mass is 420 g/mol. The van der Waals surface area contributed by atoms with Crippen LogP contribution in [0.15, 0.2) is 59.8 Å². The minimum absolute atomic E-state index is 0. The van der Waals surface area contributed by atoms with Crippen LogP contribution < -0.4 is 61.8 Å². The number of rotatable bonds is 7. The van der Waals surface area contributed by atoms with Crippen LogP contribution in [0.5, 0.6) is 0 Å². The third-order valence-corrected chi connectivity index (χ3v) is 4.90. The number of aromatic carboxylic acids is 1. The number of benzene rings is 2. The average Bonchev–Trinajstić information content (AvgIpc) is 3.06. The van der Waals surface area contributed by atoms with Gasteiger partial charge in [-0.1, -0.05) is 66.4 Å². The van der Waals surface area contributed by atoms with E-state index in [4.69, 9.17) is 0 Å². The van der Waals surface area contributed by atoms with E-state index >= 15 is 0 Å². The van der Waals surface area contributed by atoms with Crippen molar-refractivity contribution >= 4 is 23.6 Å². The second-order valence-corrected chi connectivity index (χ2v) is 6.72. The Balaban J connectivity index is 0.00000280. The molecule has 0 aliphatic heterocycles. The van der Waals surface area contributed by atoms with Crippen molar-refractivity contribution < 1.29 is 66.1 Å². The second-order valence-electron chi connectivity index (χ2n) is 5.78. The van der Waals surface area contributed by atoms with E-state index in [-0.39, 0.29) is 68.6 Å². The number of carboxylic acids is 1. The van der Waals surface area contributed by atoms with Gasteiger partial charge in [-0.3, -0.25) is 4.79 Å². The van der Waals surface area contributed by atoms with Crippen LogP contribution in [-0.2, 0) is 18.4 Å². The maximum absolute atomic E-state index is 12.1. The van der Waals surface area contributed by atoms with Crippen molar-refractivity contribution in [2.75, 3.05) is 5.75 Å². The smallest absolute Gasteiger partial charge is 0.545 e. The van der Waals surface area contributed by atoms with Crippen LogP contribution in [0, 0.1) is 0 Å². The van der Waals surface area contributed by atoms with Crippen molar-refractivity contribution in [2.45, 2.75) is 11.7 Å². The van der Waals surface area contributed by atoms with E-state index in [2.05, 4.69) is 15.5 Å². The topological polar surface area (TPSA) is 99.9 Å². The molecular formula is C19H17KN4O3S. The molecule has 0 saturated heterocycles. The summed E-state index contributed by atoms with van der Waals surface area (Å²) in [6.07, 6.45) is 0. The van der Waals surface area contributed by atoms with E-state index < -0.39 is 5.97 Å². The van der Waals surface area contributed by atoms with Crippen molar-refractivity contribution in [1.82, 2.24) is 20.1 Å². The standard InChI is InChI=1S/C19H18N4O3S.K/c1-23-17(14-5-3-2-4-6-14)21-22-19(23)27-12-16(24)20-11-13-7-9-15(10-8-13)18(25)26;/h2-10H,11-12H2,1H3,(H,20,24)(H,25,26);/q;+1/p-1. The van der Waals surface area contributed by atoms with Gasteiger partial charge in [0, 0.05) is 19.2 Å². The molecule has 0 spiro atoms. The third kappa shape index (κ3) is 6.00. The Kier molecular flexibility index (Phi) is 8.86. The molecule has 1 aromatic heterocycles. The van der Waals surface area contributed by atoms with Gasteiger partial charge in [0.15, 0.2) is 11.0 Å². The van der Waals surface area contributed by atoms with Gasteiger partial charge in [-0.2, -0.15) is 0 Å². The molecule has 2 aromatic carbocycles. The number of nitrogens with one attached hydrogen (secondary N) is 1. The molecule has 3 rings (SSSR count). The van der Waals surface area contributed by atoms with Crippen molar-refractivity contribution in [1.29, 1.82) is 0 Å². The van der Waals surface area contributed by atoms with Gasteiger partial charge >= 0.3 is 51.4 Å². The summed E-state index contributed by atoms with van der Waals surface area (Å²) in [5.74, 6) is -0.418. The molecule has 0 saturated carbocycles. The number of carbonyl (C=O) groups is 2. The van der Waals surface area contributed by atoms with Crippen LogP contribution in [-0.4, -0.2) is 32.4 Å². The average molecular weight is 421 g/mol. The number of hydrogen-bond donors (Lipinski definition) is 1. The number of carboxylic acid groups (broad SMARTS) is 1. The number of carbonyl (C=O) groups excluding carboxylic acids is 2. The number of amides is 1. The molecule has 28 heavy (non-hydrogen) atoms. The van der Waals surface area contributed by atoms with Gasteiger partial charge in [0.25, 0.3) is 0 Å². The van der Waals surface area contributed by atoms with E-state index in [0.717, 1.165) is 17.0 Å². The fraction of sp³-hybridized carbons (Fsp3) is 0.158. The molecule has 0 fully saturated rings. The zero-order chi connectivity index (χ0) is 19.2. The summed E-state index contributed by atoms with van der Waals surface area (Å²) in [6.45, 7) is 0.320. The molecular weight excluding hydrogens is 403 g/mol. The Bertz CT molecular complexity index is 946. The summed E-state index contributed by atoms with van der Waals surface area (Å²) in [7, 11) is 1.86. The Morgan fingerprint density at radius 2 is 1.75 bits per heavy atom. The van der Waals surface area contributed by atoms with Crippen LogP contribution in [0.1, 0.15) is 15.9 Å². The first-order valence-corrected chi connectivity index (χ1v) is 9.18. The van der Waals surface area contributed by atoms with Crippen molar-refractivity contribution in [3.8, 4) is 11.4 Å². The minimum Gasteiger partial charge on any atom is -0.545 e. The minimum atomic E-state index is -1.22. The zero-order valence-electron chi connectivity index (χ0n) is 15.6. The first kappa shape index (κ1) is 22.8. The van der Waals surface area contributed by atoms with Crippen LogP contribution >= 0.6 is 11.8 Å². The first-order chi connectivity index (χ1) is 13.0. The van der Waals surface area contributed by atoms with E-state index in [1.807, 2.05) is 41.9 Å². The van der Waals surface area contributed by atoms with E-state index in [9.17, 15) is 14.7 Å². The van der Waals surface area contributed by atoms with Gasteiger partial charge in [-0.15, -0.1) is 10.2 Å². The van der Waals surface area contributed by atoms with Crippen molar-refractivity contribution in [3.63, 3.8) is 0 Å². The predicted octanol–water partition coefficient (Wildman–Crippen LogP) is -1.74. The molecule has 1 heterocycles. The van der Waals surface area contributed by atoms with Gasteiger partial charge < -0.3 is 19.8 Å². The van der Waals surface area contributed by atoms with Crippen LogP contribution in [0.25, 0.3) is 11.4 Å². The Morgan fingerprint density at radius 1 is 1.07 bits per heavy atom. The first-order valence-electron chi connectivity index (χ1n) is 8.19. The molecule has 0 unspecified atom stereocenters. The number of thioether (sulfide) groups is 1. The van der Waals surface area contributed by atoms with Crippen LogP contribution in [0.2, 0.25) is 0 Å². The molecule has 9 heteroatoms. The third-order valence-electron chi connectivity index (χ3n) is 3.88. The summed E-state index contributed by atoms with van der Waals surface area (Å²) in [6, 6.07) is 15.9. The second kappa shape index (κ2) is 10.9. The molecule has 1 N–H and O–H groups in total. The molecule has 1 amide bonds. The van der Waals surface area contributed by atoms with E-state index in [1.54, 1.807) is 12.1 Å². The predicted molar refractivity (Wildman–Crippen MR) is 99.8 cm³/mol. The Hall–Kier alpha value is -1.49. The summed E-state index contributed by atoms with van der Waals surface area (Å²) < 4.78 is 1.85. The molecule has 138 valence electrons. The molecule has 0 radical (unpaired) electrons. The Morgan fingerprint density at radius 3 is 2.39 bits per heavy atom. The number of hydrogen-bond acceptors (Lipinski definition) is 6. The van der Waals surface area contributed by atoms with Gasteiger partial charge in [0.1, 0.15) is 0 Å². The number of aromatic nitrogens is 3. The molecule has 0 bridgehead atoms. The zero-order valence-corrected chi connectivity index (χ0v) is 19.5. The van der Waals surface area contributed by atoms with Gasteiger partial charge in [0.05, 0.1) is 11.7 Å². The van der Waals surface area contributed by atoms with Gasteiger partial charge in [0.2, 0.25) is 5.91 Å². The molecule has 7 nitrogen and oxygen atoms in total. The SMILES string of the molecule is Cn1c(SCC(=O)NCc2ccc(C(=O)[O-])cc2)nnc1-c1ccccc1.[K+]. The molecule has 0 aliphatic carbocycles. The fourth-order valence-corrected chi connectivity index (χ4v) is 3.16. The van der Waals surface area contributed by atoms with Crippen LogP contribution in [0.3, 0.4) is 0 Å². The maximum Gasteiger partial charge on any atom is 1.00 e. The molecule has 3 aromatic rings. The number of nitrogens with zero attached hydrogens (tertiary/aromatic N) is 3. The Labute approximate surface area is 209 Å². The normalized spacial score (nSPS) is 10.2. The summed E-state index contributed by atoms with van der Waals surface area (Å²) in [5, 5.41) is 22.5. The quantitative estimate of drug-likeness (QED) is 0.360. The molecule has 0 atom stereocenters. The van der Waals surface area contributed by atoms with Crippen LogP contribution in [0.4, 0.5) is 0 Å². The van der Waals surface area contributed by atoms with Gasteiger partial charge in [-0.25, -0.2) is 0 Å². The van der Waals surface area contributed by atoms with Crippen molar-refractivity contribution in [3.05, 3.63) is 65.7 Å². The van der Waals surface area contributed by atoms with E-state index in [0.29, 0.717) is 11.7 Å². The largest absolute Gasteiger partial charge is 1.00 e. The van der Waals surface area contributed by atoms with Crippen molar-refractivity contribution in [2.24, 2.45) is 7.05 Å². The summed E-state index contributed by atoms with van der Waals surface area (Å²) in [4.78, 5) is 22.8. The summed E-state index contributed by atoms with van der Waals surface area (Å²) >= 11 is 1.30. The van der Waals surface area contributed by atoms with Gasteiger partial charge in [-0.05, 0) is 11.1 Å². The maximum atomic E-state index is 12.1. The molecule has 0 aliphatic rings.